The minimum atomic E-state index is 0.561. The molecule has 2 aliphatic heterocycles. The lowest BCUT2D eigenvalue weighted by Gasteiger charge is -2.37. The molecule has 2 aliphatic carbocycles. The Bertz CT molecular complexity index is 301. The SMILES string of the molecule is C1[C@@H]2C3=NN[C@@H]2CC2=NN[C@H](C3)[C@H]12. The van der Waals surface area contributed by atoms with E-state index in [0.29, 0.717) is 12.1 Å². The van der Waals surface area contributed by atoms with Crippen LogP contribution in [0.15, 0.2) is 10.2 Å². The van der Waals surface area contributed by atoms with Crippen molar-refractivity contribution in [1.82, 2.24) is 10.9 Å². The van der Waals surface area contributed by atoms with Gasteiger partial charge in [-0.15, -0.1) is 0 Å². The van der Waals surface area contributed by atoms with E-state index in [1.54, 1.807) is 0 Å². The van der Waals surface area contributed by atoms with Gasteiger partial charge in [-0.25, -0.2) is 0 Å². The minimum absolute atomic E-state index is 0.561. The molecule has 0 spiro atoms. The molecule has 4 nitrogen and oxygen atoms in total. The fraction of sp³-hybridized carbons (Fsp3) is 0.778. The van der Waals surface area contributed by atoms with E-state index in [2.05, 4.69) is 21.1 Å². The van der Waals surface area contributed by atoms with Crippen molar-refractivity contribution in [3.8, 4) is 0 Å². The van der Waals surface area contributed by atoms with Crippen LogP contribution in [0.2, 0.25) is 0 Å². The molecule has 13 heavy (non-hydrogen) atoms. The largest absolute Gasteiger partial charge is 0.306 e. The zero-order chi connectivity index (χ0) is 8.41. The number of nitrogens with one attached hydrogen (secondary N) is 2. The van der Waals surface area contributed by atoms with Crippen molar-refractivity contribution in [2.24, 2.45) is 22.0 Å². The molecular weight excluding hydrogens is 164 g/mol. The molecule has 2 heterocycles. The Labute approximate surface area is 76.5 Å². The van der Waals surface area contributed by atoms with Crippen molar-refractivity contribution >= 4 is 11.4 Å². The molecule has 68 valence electrons. The molecule has 0 aromatic heterocycles. The van der Waals surface area contributed by atoms with E-state index in [-0.39, 0.29) is 0 Å². The van der Waals surface area contributed by atoms with Gasteiger partial charge in [0.1, 0.15) is 0 Å². The van der Waals surface area contributed by atoms with E-state index in [0.717, 1.165) is 24.7 Å². The summed E-state index contributed by atoms with van der Waals surface area (Å²) in [6.07, 6.45) is 3.48. The van der Waals surface area contributed by atoms with Gasteiger partial charge < -0.3 is 10.9 Å². The van der Waals surface area contributed by atoms with Crippen LogP contribution >= 0.6 is 0 Å². The second-order valence-corrected chi connectivity index (χ2v) is 4.53. The number of nitrogens with zero attached hydrogens (tertiary/aromatic N) is 2. The molecule has 2 N–H and O–H groups in total. The molecule has 4 heteroatoms. The van der Waals surface area contributed by atoms with E-state index in [9.17, 15) is 0 Å². The number of hydrogen-bond acceptors (Lipinski definition) is 4. The van der Waals surface area contributed by atoms with Crippen LogP contribution in [0.5, 0.6) is 0 Å². The second kappa shape index (κ2) is 1.89. The van der Waals surface area contributed by atoms with Crippen LogP contribution in [-0.2, 0) is 0 Å². The summed E-state index contributed by atoms with van der Waals surface area (Å²) in [6.45, 7) is 0. The third kappa shape index (κ3) is 0.641. The van der Waals surface area contributed by atoms with Crippen LogP contribution in [-0.4, -0.2) is 23.5 Å². The zero-order valence-electron chi connectivity index (χ0n) is 7.33. The number of rotatable bonds is 0. The quantitative estimate of drug-likeness (QED) is 0.549. The lowest BCUT2D eigenvalue weighted by atomic mass is 9.67. The molecule has 0 radical (unpaired) electrons. The molecular formula is C9H12N4. The van der Waals surface area contributed by atoms with Gasteiger partial charge >= 0.3 is 0 Å². The molecule has 4 aliphatic rings. The third-order valence-corrected chi connectivity index (χ3v) is 3.94. The Balaban J connectivity index is 1.84. The van der Waals surface area contributed by atoms with Gasteiger partial charge in [0.05, 0.1) is 12.1 Å². The maximum atomic E-state index is 4.43. The van der Waals surface area contributed by atoms with E-state index in [1.807, 2.05) is 0 Å². The molecule has 4 atom stereocenters. The van der Waals surface area contributed by atoms with Gasteiger partial charge in [0, 0.05) is 36.1 Å². The molecule has 0 aromatic carbocycles. The van der Waals surface area contributed by atoms with Crippen molar-refractivity contribution < 1.29 is 0 Å². The Morgan fingerprint density at radius 1 is 0.923 bits per heavy atom. The second-order valence-electron chi connectivity index (χ2n) is 4.53. The van der Waals surface area contributed by atoms with Crippen molar-refractivity contribution in [2.75, 3.05) is 0 Å². The van der Waals surface area contributed by atoms with Gasteiger partial charge in [0.25, 0.3) is 0 Å². The lowest BCUT2D eigenvalue weighted by Crippen LogP contribution is -2.48. The van der Waals surface area contributed by atoms with Gasteiger partial charge in [0.2, 0.25) is 0 Å². The van der Waals surface area contributed by atoms with E-state index in [1.165, 1.54) is 17.8 Å². The maximum Gasteiger partial charge on any atom is 0.0574 e. The van der Waals surface area contributed by atoms with Crippen LogP contribution in [0.25, 0.3) is 0 Å². The van der Waals surface area contributed by atoms with Gasteiger partial charge in [-0.3, -0.25) is 0 Å². The topological polar surface area (TPSA) is 48.8 Å². The lowest BCUT2D eigenvalue weighted by molar-refractivity contribution is 0.330. The molecule has 0 saturated heterocycles. The average Bonchev–Trinajstić information content (AvgIpc) is 2.75. The van der Waals surface area contributed by atoms with Gasteiger partial charge in [-0.2, -0.15) is 10.2 Å². The highest BCUT2D eigenvalue weighted by atomic mass is 15.4. The van der Waals surface area contributed by atoms with Gasteiger partial charge in [-0.05, 0) is 6.42 Å². The summed E-state index contributed by atoms with van der Waals surface area (Å²) in [5.74, 6) is 1.44. The summed E-state index contributed by atoms with van der Waals surface area (Å²) < 4.78 is 0. The van der Waals surface area contributed by atoms with E-state index < -0.39 is 0 Å². The Hall–Kier alpha value is -1.06. The molecule has 4 rings (SSSR count). The molecule has 2 saturated carbocycles. The standard InChI is InChI=1S/C9H12N4/c1-4-6-2-7-5(1)9(13-11-7)3-8(4)12-10-6/h4-6,9-10,13H,1-3H2/t4-,5+,6+,9+/m0/s1. The number of hydrazone groups is 2. The fourth-order valence-corrected chi connectivity index (χ4v) is 3.24. The summed E-state index contributed by atoms with van der Waals surface area (Å²) in [7, 11) is 0. The van der Waals surface area contributed by atoms with Crippen LogP contribution in [0.3, 0.4) is 0 Å². The smallest absolute Gasteiger partial charge is 0.0574 e. The van der Waals surface area contributed by atoms with Crippen molar-refractivity contribution in [3.05, 3.63) is 0 Å². The number of hydrogen-bond donors (Lipinski definition) is 2. The predicted octanol–water partition coefficient (Wildman–Crippen LogP) is 0.0719. The van der Waals surface area contributed by atoms with Gasteiger partial charge in [-0.1, -0.05) is 0 Å². The van der Waals surface area contributed by atoms with E-state index >= 15 is 0 Å². The van der Waals surface area contributed by atoms with Crippen molar-refractivity contribution in [2.45, 2.75) is 31.3 Å². The Morgan fingerprint density at radius 2 is 1.46 bits per heavy atom. The van der Waals surface area contributed by atoms with Crippen LogP contribution in [0.4, 0.5) is 0 Å². The summed E-state index contributed by atoms with van der Waals surface area (Å²) >= 11 is 0. The summed E-state index contributed by atoms with van der Waals surface area (Å²) in [5, 5.41) is 8.85. The zero-order valence-corrected chi connectivity index (χ0v) is 7.33. The maximum absolute atomic E-state index is 4.43. The Morgan fingerprint density at radius 3 is 2.00 bits per heavy atom. The van der Waals surface area contributed by atoms with Gasteiger partial charge in [0.15, 0.2) is 0 Å². The fourth-order valence-electron chi connectivity index (χ4n) is 3.24. The molecule has 0 aromatic rings. The van der Waals surface area contributed by atoms with E-state index in [4.69, 9.17) is 0 Å². The highest BCUT2D eigenvalue weighted by Crippen LogP contribution is 2.41. The summed E-state index contributed by atoms with van der Waals surface area (Å²) in [6, 6.07) is 1.12. The highest BCUT2D eigenvalue weighted by Gasteiger charge is 2.49. The minimum Gasteiger partial charge on any atom is -0.306 e. The summed E-state index contributed by atoms with van der Waals surface area (Å²) in [5.41, 5.74) is 9.27. The predicted molar refractivity (Wildman–Crippen MR) is 49.5 cm³/mol. The van der Waals surface area contributed by atoms with Crippen LogP contribution < -0.4 is 10.9 Å². The van der Waals surface area contributed by atoms with Crippen LogP contribution in [0.1, 0.15) is 19.3 Å². The molecule has 2 fully saturated rings. The average molecular weight is 176 g/mol. The summed E-state index contributed by atoms with van der Waals surface area (Å²) in [4.78, 5) is 0. The molecule has 0 unspecified atom stereocenters. The molecule has 2 bridgehead atoms. The molecule has 0 amide bonds. The first kappa shape index (κ1) is 6.40. The Kier molecular flexibility index (Phi) is 0.929. The normalized spacial score (nSPS) is 49.2. The first-order chi connectivity index (χ1) is 6.42. The highest BCUT2D eigenvalue weighted by molar-refractivity contribution is 5.99. The first-order valence-corrected chi connectivity index (χ1v) is 5.06. The third-order valence-electron chi connectivity index (χ3n) is 3.94. The van der Waals surface area contributed by atoms with Crippen molar-refractivity contribution in [1.29, 1.82) is 0 Å². The monoisotopic (exact) mass is 176 g/mol. The van der Waals surface area contributed by atoms with Crippen molar-refractivity contribution in [3.63, 3.8) is 0 Å². The van der Waals surface area contributed by atoms with Crippen LogP contribution in [0, 0.1) is 11.8 Å². The first-order valence-electron chi connectivity index (χ1n) is 5.06.